The van der Waals surface area contributed by atoms with Crippen LogP contribution in [0.1, 0.15) is 27.0 Å². The minimum absolute atomic E-state index is 0.0320. The smallest absolute Gasteiger partial charge is 0.266 e. The first kappa shape index (κ1) is 18.5. The van der Waals surface area contributed by atoms with E-state index in [0.29, 0.717) is 5.02 Å². The maximum Gasteiger partial charge on any atom is 0.266 e. The number of carbonyl (C=O) groups is 1. The van der Waals surface area contributed by atoms with Gasteiger partial charge in [-0.1, -0.05) is 47.0 Å². The van der Waals surface area contributed by atoms with E-state index < -0.39 is 15.9 Å². The molecule has 0 radical (unpaired) electrons. The zero-order chi connectivity index (χ0) is 17.9. The molecule has 0 bridgehead atoms. The van der Waals surface area contributed by atoms with Crippen LogP contribution < -0.4 is 4.72 Å². The summed E-state index contributed by atoms with van der Waals surface area (Å²) < 4.78 is 26.1. The number of amides is 1. The van der Waals surface area contributed by atoms with Crippen molar-refractivity contribution in [3.63, 3.8) is 0 Å². The molecule has 2 aromatic carbocycles. The van der Waals surface area contributed by atoms with Gasteiger partial charge in [-0.15, -0.1) is 0 Å². The Balaban J connectivity index is 2.18. The molecular weight excluding hydrogens is 369 g/mol. The van der Waals surface area contributed by atoms with E-state index in [1.807, 2.05) is 36.8 Å². The monoisotopic (exact) mass is 383 g/mol. The summed E-state index contributed by atoms with van der Waals surface area (Å²) in [7, 11) is -3.95. The van der Waals surface area contributed by atoms with Crippen LogP contribution in [0, 0.1) is 13.8 Å². The van der Waals surface area contributed by atoms with Gasteiger partial charge >= 0.3 is 0 Å². The van der Waals surface area contributed by atoms with Gasteiger partial charge in [-0.2, -0.15) is 0 Å². The molecule has 2 aromatic rings. The molecule has 0 aliphatic heterocycles. The summed E-state index contributed by atoms with van der Waals surface area (Å²) in [5, 5.41) is 1.38. The van der Waals surface area contributed by atoms with Gasteiger partial charge < -0.3 is 0 Å². The highest BCUT2D eigenvalue weighted by atomic mass is 35.5. The molecule has 4 nitrogen and oxygen atoms in total. The highest BCUT2D eigenvalue weighted by Gasteiger charge is 2.16. The average molecular weight is 384 g/mol. The minimum atomic E-state index is -3.95. The van der Waals surface area contributed by atoms with Gasteiger partial charge in [0.25, 0.3) is 15.9 Å². The van der Waals surface area contributed by atoms with Crippen LogP contribution in [0.2, 0.25) is 10.0 Å². The molecule has 1 N–H and O–H groups in total. The molecule has 0 fully saturated rings. The van der Waals surface area contributed by atoms with Crippen molar-refractivity contribution in [3.8, 4) is 0 Å². The molecule has 24 heavy (non-hydrogen) atoms. The lowest BCUT2D eigenvalue weighted by Gasteiger charge is -2.06. The number of nitrogens with one attached hydrogen (secondary N) is 1. The summed E-state index contributed by atoms with van der Waals surface area (Å²) >= 11 is 11.7. The van der Waals surface area contributed by atoms with E-state index in [1.165, 1.54) is 24.3 Å². The van der Waals surface area contributed by atoms with Crippen LogP contribution in [-0.2, 0) is 10.0 Å². The lowest BCUT2D eigenvalue weighted by molar-refractivity contribution is 0.0982. The Morgan fingerprint density at radius 2 is 1.79 bits per heavy atom. The fraction of sp³-hybridized carbons (Fsp3) is 0.118. The van der Waals surface area contributed by atoms with Crippen molar-refractivity contribution in [3.05, 3.63) is 74.1 Å². The summed E-state index contributed by atoms with van der Waals surface area (Å²) in [6.07, 6.45) is 1.44. The van der Waals surface area contributed by atoms with Gasteiger partial charge in [-0.3, -0.25) is 4.79 Å². The lowest BCUT2D eigenvalue weighted by Crippen LogP contribution is -2.29. The molecule has 0 aliphatic rings. The maximum absolute atomic E-state index is 12.1. The SMILES string of the molecule is Cc1ccc(C=CS(=O)(=O)NC(=O)c2ccc(Cl)cc2Cl)c(C)c1. The Morgan fingerprint density at radius 3 is 2.42 bits per heavy atom. The lowest BCUT2D eigenvalue weighted by atomic mass is 10.1. The van der Waals surface area contributed by atoms with Gasteiger partial charge in [0, 0.05) is 5.02 Å². The Kier molecular flexibility index (Phi) is 5.70. The fourth-order valence-electron chi connectivity index (χ4n) is 2.07. The van der Waals surface area contributed by atoms with Crippen LogP contribution in [0.4, 0.5) is 0 Å². The predicted octanol–water partition coefficient (Wildman–Crippen LogP) is 4.34. The first-order valence-corrected chi connectivity index (χ1v) is 9.26. The van der Waals surface area contributed by atoms with Gasteiger partial charge in [-0.25, -0.2) is 13.1 Å². The molecule has 0 aromatic heterocycles. The predicted molar refractivity (Wildman–Crippen MR) is 97.8 cm³/mol. The van der Waals surface area contributed by atoms with Crippen molar-refractivity contribution in [1.29, 1.82) is 0 Å². The molecule has 0 saturated heterocycles. The van der Waals surface area contributed by atoms with Gasteiger partial charge in [-0.05, 0) is 49.2 Å². The standard InChI is InChI=1S/C17H15Cl2NO3S/c1-11-3-4-13(12(2)9-11)7-8-24(22,23)20-17(21)15-6-5-14(18)10-16(15)19/h3-10H,1-2H3,(H,20,21). The molecule has 1 amide bonds. The zero-order valence-electron chi connectivity index (χ0n) is 13.0. The third-order valence-corrected chi connectivity index (χ3v) is 4.77. The van der Waals surface area contributed by atoms with E-state index in [-0.39, 0.29) is 10.6 Å². The zero-order valence-corrected chi connectivity index (χ0v) is 15.3. The third kappa shape index (κ3) is 4.84. The quantitative estimate of drug-likeness (QED) is 0.853. The highest BCUT2D eigenvalue weighted by molar-refractivity contribution is 7.93. The summed E-state index contributed by atoms with van der Waals surface area (Å²) in [5.41, 5.74) is 2.80. The number of rotatable bonds is 4. The number of hydrogen-bond donors (Lipinski definition) is 1. The maximum atomic E-state index is 12.1. The van der Waals surface area contributed by atoms with Crippen molar-refractivity contribution in [2.24, 2.45) is 0 Å². The Hall–Kier alpha value is -1.82. The minimum Gasteiger partial charge on any atom is -0.268 e. The summed E-state index contributed by atoms with van der Waals surface area (Å²) in [6.45, 7) is 3.83. The number of sulfonamides is 1. The largest absolute Gasteiger partial charge is 0.268 e. The van der Waals surface area contributed by atoms with Gasteiger partial charge in [0.2, 0.25) is 0 Å². The molecule has 0 atom stereocenters. The average Bonchev–Trinajstić information content (AvgIpc) is 2.45. The van der Waals surface area contributed by atoms with Crippen molar-refractivity contribution >= 4 is 45.2 Å². The number of halogens is 2. The Labute approximate surface area is 151 Å². The summed E-state index contributed by atoms with van der Waals surface area (Å²) in [4.78, 5) is 12.1. The molecule has 0 spiro atoms. The number of benzene rings is 2. The number of aryl methyl sites for hydroxylation is 2. The van der Waals surface area contributed by atoms with Crippen LogP contribution in [0.5, 0.6) is 0 Å². The topological polar surface area (TPSA) is 63.2 Å². The first-order chi connectivity index (χ1) is 11.2. The van der Waals surface area contributed by atoms with E-state index in [4.69, 9.17) is 23.2 Å². The molecular formula is C17H15Cl2NO3S. The van der Waals surface area contributed by atoms with Crippen LogP contribution >= 0.6 is 23.2 Å². The van der Waals surface area contributed by atoms with Crippen molar-refractivity contribution < 1.29 is 13.2 Å². The Morgan fingerprint density at radius 1 is 1.08 bits per heavy atom. The molecule has 7 heteroatoms. The van der Waals surface area contributed by atoms with Crippen LogP contribution in [-0.4, -0.2) is 14.3 Å². The number of hydrogen-bond acceptors (Lipinski definition) is 3. The molecule has 0 aliphatic carbocycles. The summed E-state index contributed by atoms with van der Waals surface area (Å²) in [6, 6.07) is 9.83. The molecule has 126 valence electrons. The molecule has 0 unspecified atom stereocenters. The van der Waals surface area contributed by atoms with Crippen molar-refractivity contribution in [2.45, 2.75) is 13.8 Å². The molecule has 0 heterocycles. The second-order valence-corrected chi connectivity index (χ2v) is 7.67. The number of carbonyl (C=O) groups excluding carboxylic acids is 1. The van der Waals surface area contributed by atoms with E-state index >= 15 is 0 Å². The second-order valence-electron chi connectivity index (χ2n) is 5.26. The van der Waals surface area contributed by atoms with Crippen LogP contribution in [0.3, 0.4) is 0 Å². The normalized spacial score (nSPS) is 11.7. The first-order valence-electron chi connectivity index (χ1n) is 6.95. The van der Waals surface area contributed by atoms with Gasteiger partial charge in [0.05, 0.1) is 16.0 Å². The van der Waals surface area contributed by atoms with Crippen LogP contribution in [0.15, 0.2) is 41.8 Å². The fourth-order valence-corrected chi connectivity index (χ4v) is 3.32. The Bertz CT molecular complexity index is 921. The third-order valence-electron chi connectivity index (χ3n) is 3.26. The van der Waals surface area contributed by atoms with Gasteiger partial charge in [0.1, 0.15) is 0 Å². The van der Waals surface area contributed by atoms with Crippen molar-refractivity contribution in [1.82, 2.24) is 4.72 Å². The summed E-state index contributed by atoms with van der Waals surface area (Å²) in [5.74, 6) is -0.818. The molecule has 0 saturated carbocycles. The highest BCUT2D eigenvalue weighted by Crippen LogP contribution is 2.21. The van der Waals surface area contributed by atoms with E-state index in [0.717, 1.165) is 22.1 Å². The van der Waals surface area contributed by atoms with Gasteiger partial charge in [0.15, 0.2) is 0 Å². The van der Waals surface area contributed by atoms with Crippen LogP contribution in [0.25, 0.3) is 6.08 Å². The van der Waals surface area contributed by atoms with Crippen molar-refractivity contribution in [2.75, 3.05) is 0 Å². The van der Waals surface area contributed by atoms with E-state index in [1.54, 1.807) is 0 Å². The second kappa shape index (κ2) is 7.38. The van der Waals surface area contributed by atoms with E-state index in [9.17, 15) is 13.2 Å². The molecule has 2 rings (SSSR count). The van der Waals surface area contributed by atoms with E-state index in [2.05, 4.69) is 0 Å².